The molecule has 0 aliphatic carbocycles. The first-order chi connectivity index (χ1) is 14.4. The molecular weight excluding hydrogens is 384 g/mol. The fourth-order valence-electron chi connectivity index (χ4n) is 3.58. The summed E-state index contributed by atoms with van der Waals surface area (Å²) in [5.74, 6) is 1.93. The van der Waals surface area contributed by atoms with Crippen molar-refractivity contribution >= 4 is 11.8 Å². The van der Waals surface area contributed by atoms with E-state index >= 15 is 0 Å². The van der Waals surface area contributed by atoms with Crippen molar-refractivity contribution in [1.82, 2.24) is 10.2 Å². The minimum absolute atomic E-state index is 0.0630. The maximum absolute atomic E-state index is 13.1. The van der Waals surface area contributed by atoms with Gasteiger partial charge in [0.15, 0.2) is 11.5 Å². The highest BCUT2D eigenvalue weighted by molar-refractivity contribution is 5.95. The summed E-state index contributed by atoms with van der Waals surface area (Å²) in [5.41, 5.74) is 0.521. The third-order valence-corrected chi connectivity index (χ3v) is 4.90. The second-order valence-electron chi connectivity index (χ2n) is 7.83. The van der Waals surface area contributed by atoms with E-state index in [-0.39, 0.29) is 17.9 Å². The van der Waals surface area contributed by atoms with Gasteiger partial charge in [-0.25, -0.2) is 0 Å². The zero-order chi connectivity index (χ0) is 22.1. The van der Waals surface area contributed by atoms with Gasteiger partial charge in [-0.2, -0.15) is 0 Å². The van der Waals surface area contributed by atoms with Gasteiger partial charge in [-0.3, -0.25) is 9.59 Å². The molecule has 2 rings (SSSR count). The van der Waals surface area contributed by atoms with Crippen LogP contribution in [0.25, 0.3) is 0 Å². The van der Waals surface area contributed by atoms with Gasteiger partial charge >= 0.3 is 0 Å². The topological polar surface area (TPSA) is 77.1 Å². The van der Waals surface area contributed by atoms with E-state index in [2.05, 4.69) is 5.32 Å². The van der Waals surface area contributed by atoms with Crippen LogP contribution in [0.1, 0.15) is 64.2 Å². The monoisotopic (exact) mass is 420 g/mol. The summed E-state index contributed by atoms with van der Waals surface area (Å²) in [4.78, 5) is 27.0. The summed E-state index contributed by atoms with van der Waals surface area (Å²) in [7, 11) is 0. The number of nitrogens with zero attached hydrogens (tertiary/aromatic N) is 1. The number of rotatable bonds is 10. The molecule has 1 aromatic rings. The molecule has 1 heterocycles. The Hall–Kier alpha value is -2.44. The van der Waals surface area contributed by atoms with E-state index in [1.165, 1.54) is 0 Å². The summed E-state index contributed by atoms with van der Waals surface area (Å²) in [5, 5.41) is 3.09. The SMILES string of the molecule is CCOc1cc(C(=O)N2CCC(NC(=O)CC(C)C)CC2)cc(OCC)c1OCC. The zero-order valence-corrected chi connectivity index (χ0v) is 19.0. The summed E-state index contributed by atoms with van der Waals surface area (Å²) in [6.07, 6.45) is 2.04. The number of hydrogen-bond acceptors (Lipinski definition) is 5. The van der Waals surface area contributed by atoms with Gasteiger partial charge in [0.1, 0.15) is 0 Å². The Morgan fingerprint density at radius 1 is 1.00 bits per heavy atom. The molecule has 7 heteroatoms. The molecule has 0 spiro atoms. The van der Waals surface area contributed by atoms with Crippen molar-refractivity contribution in [2.24, 2.45) is 5.92 Å². The van der Waals surface area contributed by atoms with E-state index in [4.69, 9.17) is 14.2 Å². The molecule has 0 unspecified atom stereocenters. The largest absolute Gasteiger partial charge is 0.490 e. The molecule has 7 nitrogen and oxygen atoms in total. The minimum Gasteiger partial charge on any atom is -0.490 e. The maximum atomic E-state index is 13.1. The predicted octanol–water partition coefficient (Wildman–Crippen LogP) is 3.65. The van der Waals surface area contributed by atoms with Gasteiger partial charge in [0.05, 0.1) is 19.8 Å². The third kappa shape index (κ3) is 6.54. The second kappa shape index (κ2) is 11.7. The number of piperidine rings is 1. The summed E-state index contributed by atoms with van der Waals surface area (Å²) in [6, 6.07) is 3.59. The fourth-order valence-corrected chi connectivity index (χ4v) is 3.58. The van der Waals surface area contributed by atoms with E-state index in [1.54, 1.807) is 12.1 Å². The Bertz CT molecular complexity index is 685. The molecule has 0 aromatic heterocycles. The first-order valence-corrected chi connectivity index (χ1v) is 11.0. The Balaban J connectivity index is 2.10. The van der Waals surface area contributed by atoms with Crippen LogP contribution in [0.5, 0.6) is 17.2 Å². The van der Waals surface area contributed by atoms with Gasteiger partial charge in [0.25, 0.3) is 5.91 Å². The van der Waals surface area contributed by atoms with Gasteiger partial charge in [0, 0.05) is 31.1 Å². The Labute approximate surface area is 180 Å². The molecular formula is C23H36N2O5. The zero-order valence-electron chi connectivity index (χ0n) is 19.0. The Morgan fingerprint density at radius 3 is 2.00 bits per heavy atom. The lowest BCUT2D eigenvalue weighted by atomic mass is 10.0. The van der Waals surface area contributed by atoms with E-state index < -0.39 is 0 Å². The number of hydrogen-bond donors (Lipinski definition) is 1. The number of amides is 2. The molecule has 2 amide bonds. The number of ether oxygens (including phenoxy) is 3. The normalized spacial score (nSPS) is 14.5. The lowest BCUT2D eigenvalue weighted by Gasteiger charge is -2.32. The van der Waals surface area contributed by atoms with Gasteiger partial charge in [-0.05, 0) is 51.7 Å². The van der Waals surface area contributed by atoms with Gasteiger partial charge in [0.2, 0.25) is 11.7 Å². The van der Waals surface area contributed by atoms with Crippen LogP contribution in [0.15, 0.2) is 12.1 Å². The van der Waals surface area contributed by atoms with Crippen molar-refractivity contribution in [3.63, 3.8) is 0 Å². The fraction of sp³-hybridized carbons (Fsp3) is 0.652. The van der Waals surface area contributed by atoms with Crippen molar-refractivity contribution in [1.29, 1.82) is 0 Å². The second-order valence-corrected chi connectivity index (χ2v) is 7.83. The van der Waals surface area contributed by atoms with Crippen LogP contribution in [0.2, 0.25) is 0 Å². The predicted molar refractivity (Wildman–Crippen MR) is 116 cm³/mol. The van der Waals surface area contributed by atoms with Crippen molar-refractivity contribution < 1.29 is 23.8 Å². The number of likely N-dealkylation sites (tertiary alicyclic amines) is 1. The average molecular weight is 421 g/mol. The number of carbonyl (C=O) groups excluding carboxylic acids is 2. The summed E-state index contributed by atoms with van der Waals surface area (Å²) >= 11 is 0. The smallest absolute Gasteiger partial charge is 0.254 e. The van der Waals surface area contributed by atoms with Crippen LogP contribution >= 0.6 is 0 Å². The van der Waals surface area contributed by atoms with Gasteiger partial charge in [-0.15, -0.1) is 0 Å². The van der Waals surface area contributed by atoms with Gasteiger partial charge in [-0.1, -0.05) is 13.8 Å². The van der Waals surface area contributed by atoms with E-state index in [0.717, 1.165) is 12.8 Å². The number of carbonyl (C=O) groups is 2. The molecule has 1 fully saturated rings. The van der Waals surface area contributed by atoms with Crippen LogP contribution < -0.4 is 19.5 Å². The van der Waals surface area contributed by atoms with E-state index in [9.17, 15) is 9.59 Å². The molecule has 1 saturated heterocycles. The number of benzene rings is 1. The molecule has 0 bridgehead atoms. The molecule has 0 atom stereocenters. The first kappa shape index (κ1) is 23.8. The lowest BCUT2D eigenvalue weighted by Crippen LogP contribution is -2.46. The van der Waals surface area contributed by atoms with Crippen molar-refractivity contribution in [2.75, 3.05) is 32.9 Å². The highest BCUT2D eigenvalue weighted by Crippen LogP contribution is 2.39. The number of nitrogens with one attached hydrogen (secondary N) is 1. The van der Waals surface area contributed by atoms with Crippen LogP contribution in [-0.2, 0) is 4.79 Å². The maximum Gasteiger partial charge on any atom is 0.254 e. The molecule has 0 radical (unpaired) electrons. The molecule has 1 N–H and O–H groups in total. The molecule has 168 valence electrons. The van der Waals surface area contributed by atoms with Crippen LogP contribution in [0.4, 0.5) is 0 Å². The summed E-state index contributed by atoms with van der Waals surface area (Å²) < 4.78 is 17.2. The molecule has 1 aliphatic heterocycles. The van der Waals surface area contributed by atoms with E-state index in [0.29, 0.717) is 68.1 Å². The van der Waals surface area contributed by atoms with Crippen molar-refractivity contribution in [2.45, 2.75) is 59.9 Å². The highest BCUT2D eigenvalue weighted by atomic mass is 16.5. The Kier molecular flexibility index (Phi) is 9.27. The van der Waals surface area contributed by atoms with Crippen molar-refractivity contribution in [3.05, 3.63) is 17.7 Å². The molecule has 1 aliphatic rings. The lowest BCUT2D eigenvalue weighted by molar-refractivity contribution is -0.122. The molecule has 0 saturated carbocycles. The van der Waals surface area contributed by atoms with Crippen LogP contribution in [0.3, 0.4) is 0 Å². The van der Waals surface area contributed by atoms with E-state index in [1.807, 2.05) is 39.5 Å². The average Bonchev–Trinajstić information content (AvgIpc) is 2.70. The molecule has 30 heavy (non-hydrogen) atoms. The van der Waals surface area contributed by atoms with Crippen LogP contribution in [-0.4, -0.2) is 55.7 Å². The minimum atomic E-state index is -0.0630. The third-order valence-electron chi connectivity index (χ3n) is 4.90. The highest BCUT2D eigenvalue weighted by Gasteiger charge is 2.26. The quantitative estimate of drug-likeness (QED) is 0.625. The van der Waals surface area contributed by atoms with Crippen LogP contribution in [0, 0.1) is 5.92 Å². The first-order valence-electron chi connectivity index (χ1n) is 11.0. The standard InChI is InChI=1S/C23H36N2O5/c1-6-28-19-14-17(15-20(29-7-2)22(19)30-8-3)23(27)25-11-9-18(10-12-25)24-21(26)13-16(4)5/h14-16,18H,6-13H2,1-5H3,(H,24,26). The van der Waals surface area contributed by atoms with Gasteiger partial charge < -0.3 is 24.4 Å². The molecule has 1 aromatic carbocycles. The summed E-state index contributed by atoms with van der Waals surface area (Å²) in [6.45, 7) is 12.4. The Morgan fingerprint density at radius 2 is 1.53 bits per heavy atom. The van der Waals surface area contributed by atoms with Crippen molar-refractivity contribution in [3.8, 4) is 17.2 Å².